The number of aryl methyl sites for hydroxylation is 2. The fourth-order valence-corrected chi connectivity index (χ4v) is 2.87. The van der Waals surface area contributed by atoms with Crippen LogP contribution in [0, 0.1) is 12.8 Å². The van der Waals surface area contributed by atoms with Gasteiger partial charge >= 0.3 is 0 Å². The van der Waals surface area contributed by atoms with E-state index < -0.39 is 0 Å². The molecular weight excluding hydrogens is 198 g/mol. The standard InChI is InChI=1S/C13H23N3/c1-10-6-4-5-7-13(10,14)9-12-8-11(2)15-16(12)3/h8,10H,4-7,9,14H2,1-3H3. The summed E-state index contributed by atoms with van der Waals surface area (Å²) >= 11 is 0. The highest BCUT2D eigenvalue weighted by Crippen LogP contribution is 2.34. The Labute approximate surface area is 98.0 Å². The molecule has 1 aliphatic carbocycles. The van der Waals surface area contributed by atoms with Gasteiger partial charge in [0.25, 0.3) is 0 Å². The number of nitrogens with zero attached hydrogens (tertiary/aromatic N) is 2. The van der Waals surface area contributed by atoms with Crippen LogP contribution in [-0.4, -0.2) is 15.3 Å². The van der Waals surface area contributed by atoms with Crippen LogP contribution in [-0.2, 0) is 13.5 Å². The molecule has 0 saturated heterocycles. The lowest BCUT2D eigenvalue weighted by atomic mass is 9.72. The number of hydrogen-bond donors (Lipinski definition) is 1. The maximum absolute atomic E-state index is 6.57. The van der Waals surface area contributed by atoms with Crippen LogP contribution < -0.4 is 5.73 Å². The van der Waals surface area contributed by atoms with Crippen molar-refractivity contribution in [2.75, 3.05) is 0 Å². The van der Waals surface area contributed by atoms with E-state index in [0.29, 0.717) is 5.92 Å². The number of rotatable bonds is 2. The Morgan fingerprint density at radius 1 is 1.56 bits per heavy atom. The summed E-state index contributed by atoms with van der Waals surface area (Å²) in [4.78, 5) is 0. The summed E-state index contributed by atoms with van der Waals surface area (Å²) in [5.41, 5.74) is 8.92. The van der Waals surface area contributed by atoms with Crippen LogP contribution in [0.3, 0.4) is 0 Å². The lowest BCUT2D eigenvalue weighted by Gasteiger charge is -2.39. The smallest absolute Gasteiger partial charge is 0.0596 e. The normalized spacial score (nSPS) is 30.6. The number of hydrogen-bond acceptors (Lipinski definition) is 2. The molecule has 0 spiro atoms. The van der Waals surface area contributed by atoms with Crippen molar-refractivity contribution < 1.29 is 0 Å². The molecule has 2 N–H and O–H groups in total. The van der Waals surface area contributed by atoms with E-state index in [0.717, 1.165) is 18.5 Å². The third kappa shape index (κ3) is 2.14. The van der Waals surface area contributed by atoms with Crippen LogP contribution in [0.1, 0.15) is 44.0 Å². The monoisotopic (exact) mass is 221 g/mol. The predicted octanol–water partition coefficient (Wildman–Crippen LogP) is 2.18. The number of nitrogens with two attached hydrogens (primary N) is 1. The zero-order valence-electron chi connectivity index (χ0n) is 10.7. The van der Waals surface area contributed by atoms with Gasteiger partial charge in [0, 0.05) is 24.7 Å². The average molecular weight is 221 g/mol. The summed E-state index contributed by atoms with van der Waals surface area (Å²) in [7, 11) is 2.01. The predicted molar refractivity (Wildman–Crippen MR) is 66.2 cm³/mol. The summed E-state index contributed by atoms with van der Waals surface area (Å²) in [6.45, 7) is 4.33. The molecule has 0 bridgehead atoms. The summed E-state index contributed by atoms with van der Waals surface area (Å²) in [6.07, 6.45) is 6.00. The van der Waals surface area contributed by atoms with Gasteiger partial charge in [-0.15, -0.1) is 0 Å². The van der Waals surface area contributed by atoms with E-state index in [1.54, 1.807) is 0 Å². The van der Waals surface area contributed by atoms with Crippen LogP contribution in [0.25, 0.3) is 0 Å². The molecule has 2 unspecified atom stereocenters. The van der Waals surface area contributed by atoms with E-state index in [-0.39, 0.29) is 5.54 Å². The fourth-order valence-electron chi connectivity index (χ4n) is 2.87. The lowest BCUT2D eigenvalue weighted by Crippen LogP contribution is -2.50. The van der Waals surface area contributed by atoms with Gasteiger partial charge in [-0.2, -0.15) is 5.10 Å². The van der Waals surface area contributed by atoms with Gasteiger partial charge in [-0.1, -0.05) is 19.8 Å². The van der Waals surface area contributed by atoms with Crippen molar-refractivity contribution >= 4 is 0 Å². The second-order valence-corrected chi connectivity index (χ2v) is 5.46. The van der Waals surface area contributed by atoms with Gasteiger partial charge in [0.15, 0.2) is 0 Å². The quantitative estimate of drug-likeness (QED) is 0.832. The first kappa shape index (κ1) is 11.6. The van der Waals surface area contributed by atoms with Crippen molar-refractivity contribution in [2.24, 2.45) is 18.7 Å². The fraction of sp³-hybridized carbons (Fsp3) is 0.769. The van der Waals surface area contributed by atoms with Gasteiger partial charge in [-0.05, 0) is 31.7 Å². The molecule has 3 nitrogen and oxygen atoms in total. The van der Waals surface area contributed by atoms with Crippen LogP contribution in [0.5, 0.6) is 0 Å². The molecule has 1 heterocycles. The van der Waals surface area contributed by atoms with Crippen molar-refractivity contribution in [3.63, 3.8) is 0 Å². The Morgan fingerprint density at radius 2 is 2.31 bits per heavy atom. The minimum absolute atomic E-state index is 0.0154. The van der Waals surface area contributed by atoms with Crippen molar-refractivity contribution in [1.29, 1.82) is 0 Å². The molecule has 1 aliphatic rings. The highest BCUT2D eigenvalue weighted by molar-refractivity contribution is 5.13. The Bertz CT molecular complexity index is 369. The Balaban J connectivity index is 2.16. The third-order valence-corrected chi connectivity index (χ3v) is 4.12. The summed E-state index contributed by atoms with van der Waals surface area (Å²) in [5, 5.41) is 4.39. The summed E-state index contributed by atoms with van der Waals surface area (Å²) < 4.78 is 1.98. The minimum Gasteiger partial charge on any atom is -0.325 e. The molecule has 1 aromatic heterocycles. The van der Waals surface area contributed by atoms with Crippen molar-refractivity contribution in [3.8, 4) is 0 Å². The van der Waals surface area contributed by atoms with Crippen LogP contribution in [0.4, 0.5) is 0 Å². The number of aromatic nitrogens is 2. The van der Waals surface area contributed by atoms with E-state index in [2.05, 4.69) is 18.1 Å². The molecule has 90 valence electrons. The van der Waals surface area contributed by atoms with Gasteiger partial charge in [0.2, 0.25) is 0 Å². The molecule has 0 radical (unpaired) electrons. The van der Waals surface area contributed by atoms with E-state index in [1.807, 2.05) is 18.7 Å². The molecule has 1 aromatic rings. The van der Waals surface area contributed by atoms with Crippen molar-refractivity contribution in [1.82, 2.24) is 9.78 Å². The first-order chi connectivity index (χ1) is 7.51. The lowest BCUT2D eigenvalue weighted by molar-refractivity contribution is 0.201. The van der Waals surface area contributed by atoms with E-state index in [9.17, 15) is 0 Å². The average Bonchev–Trinajstić information content (AvgIpc) is 2.50. The maximum Gasteiger partial charge on any atom is 0.0596 e. The van der Waals surface area contributed by atoms with Gasteiger partial charge in [-0.3, -0.25) is 4.68 Å². The largest absolute Gasteiger partial charge is 0.325 e. The zero-order valence-corrected chi connectivity index (χ0v) is 10.7. The van der Waals surface area contributed by atoms with E-state index in [1.165, 1.54) is 25.0 Å². The highest BCUT2D eigenvalue weighted by Gasteiger charge is 2.35. The minimum atomic E-state index is -0.0154. The molecule has 0 aliphatic heterocycles. The first-order valence-corrected chi connectivity index (χ1v) is 6.30. The molecule has 2 rings (SSSR count). The first-order valence-electron chi connectivity index (χ1n) is 6.30. The molecule has 1 saturated carbocycles. The van der Waals surface area contributed by atoms with Gasteiger partial charge < -0.3 is 5.73 Å². The van der Waals surface area contributed by atoms with E-state index >= 15 is 0 Å². The van der Waals surface area contributed by atoms with Gasteiger partial charge in [0.1, 0.15) is 0 Å². The molecule has 0 amide bonds. The van der Waals surface area contributed by atoms with Crippen LogP contribution in [0.15, 0.2) is 6.07 Å². The second kappa shape index (κ2) is 4.21. The molecular formula is C13H23N3. The van der Waals surface area contributed by atoms with Crippen molar-refractivity contribution in [3.05, 3.63) is 17.5 Å². The molecule has 0 aromatic carbocycles. The van der Waals surface area contributed by atoms with Crippen molar-refractivity contribution in [2.45, 2.75) is 51.5 Å². The third-order valence-electron chi connectivity index (χ3n) is 4.12. The zero-order chi connectivity index (χ0) is 11.8. The van der Waals surface area contributed by atoms with E-state index in [4.69, 9.17) is 5.73 Å². The molecule has 16 heavy (non-hydrogen) atoms. The Morgan fingerprint density at radius 3 is 2.88 bits per heavy atom. The second-order valence-electron chi connectivity index (χ2n) is 5.46. The maximum atomic E-state index is 6.57. The molecule has 2 atom stereocenters. The van der Waals surface area contributed by atoms with Gasteiger partial charge in [0.05, 0.1) is 5.69 Å². The molecule has 1 fully saturated rings. The Kier molecular flexibility index (Phi) is 3.06. The molecule has 3 heteroatoms. The topological polar surface area (TPSA) is 43.8 Å². The SMILES string of the molecule is Cc1cc(CC2(N)CCCCC2C)n(C)n1. The summed E-state index contributed by atoms with van der Waals surface area (Å²) in [5.74, 6) is 0.622. The van der Waals surface area contributed by atoms with Gasteiger partial charge in [-0.25, -0.2) is 0 Å². The van der Waals surface area contributed by atoms with Crippen LogP contribution >= 0.6 is 0 Å². The highest BCUT2D eigenvalue weighted by atomic mass is 15.3. The summed E-state index contributed by atoms with van der Waals surface area (Å²) in [6, 6.07) is 2.16. The van der Waals surface area contributed by atoms with Crippen LogP contribution in [0.2, 0.25) is 0 Å². The Hall–Kier alpha value is -0.830.